The minimum absolute atomic E-state index is 0.186. The molecule has 9 heteroatoms. The maximum absolute atomic E-state index is 13.4. The van der Waals surface area contributed by atoms with Crippen molar-refractivity contribution < 1.29 is 9.53 Å². The van der Waals surface area contributed by atoms with E-state index in [2.05, 4.69) is 18.7 Å². The molecule has 31 heavy (non-hydrogen) atoms. The standard InChI is InChI=1S/C22H26N4O3S2/c1-14-10-15(2)13-24(12-14)19-16(20(27)25-7-5-4-6-18(25)23-19)11-17-21(28)26(8-9-29-3)22(30)31-17/h4-7,11,14-15H,8-10,12-13H2,1-3H3/b17-11+/t14-,15-/m1/s1. The highest BCUT2D eigenvalue weighted by Crippen LogP contribution is 2.34. The molecule has 0 unspecified atom stereocenters. The third-order valence-electron chi connectivity index (χ3n) is 5.59. The predicted octanol–water partition coefficient (Wildman–Crippen LogP) is 3.02. The molecule has 2 aromatic rings. The molecule has 164 valence electrons. The molecular weight excluding hydrogens is 432 g/mol. The number of rotatable bonds is 5. The van der Waals surface area contributed by atoms with Crippen LogP contribution < -0.4 is 10.5 Å². The van der Waals surface area contributed by atoms with Crippen molar-refractivity contribution >= 4 is 51.7 Å². The van der Waals surface area contributed by atoms with Crippen molar-refractivity contribution in [1.82, 2.24) is 14.3 Å². The van der Waals surface area contributed by atoms with Gasteiger partial charge in [0.25, 0.3) is 11.5 Å². The lowest BCUT2D eigenvalue weighted by molar-refractivity contribution is -0.122. The van der Waals surface area contributed by atoms with Crippen LogP contribution in [-0.2, 0) is 9.53 Å². The largest absolute Gasteiger partial charge is 0.383 e. The van der Waals surface area contributed by atoms with Gasteiger partial charge in [-0.3, -0.25) is 18.9 Å². The molecule has 0 aromatic carbocycles. The molecule has 7 nitrogen and oxygen atoms in total. The second kappa shape index (κ2) is 9.10. The molecule has 0 saturated carbocycles. The zero-order valence-electron chi connectivity index (χ0n) is 17.9. The molecule has 1 amide bonds. The topological polar surface area (TPSA) is 67.2 Å². The number of piperidine rings is 1. The van der Waals surface area contributed by atoms with Crippen molar-refractivity contribution in [2.24, 2.45) is 11.8 Å². The molecule has 0 aliphatic carbocycles. The van der Waals surface area contributed by atoms with Gasteiger partial charge in [-0.05, 0) is 36.5 Å². The number of anilines is 1. The van der Waals surface area contributed by atoms with E-state index in [1.165, 1.54) is 21.1 Å². The summed E-state index contributed by atoms with van der Waals surface area (Å²) in [6.07, 6.45) is 4.52. The van der Waals surface area contributed by atoms with E-state index < -0.39 is 0 Å². The molecule has 0 N–H and O–H groups in total. The molecular formula is C22H26N4O3S2. The van der Waals surface area contributed by atoms with Gasteiger partial charge >= 0.3 is 0 Å². The average molecular weight is 459 g/mol. The first-order chi connectivity index (χ1) is 14.9. The van der Waals surface area contributed by atoms with Gasteiger partial charge in [0.15, 0.2) is 0 Å². The summed E-state index contributed by atoms with van der Waals surface area (Å²) >= 11 is 6.60. The van der Waals surface area contributed by atoms with Crippen molar-refractivity contribution in [3.05, 3.63) is 45.2 Å². The van der Waals surface area contributed by atoms with E-state index in [1.54, 1.807) is 25.4 Å². The number of hydrogen-bond donors (Lipinski definition) is 0. The Balaban J connectivity index is 1.82. The van der Waals surface area contributed by atoms with Gasteiger partial charge in [0, 0.05) is 26.4 Å². The molecule has 2 aliphatic rings. The van der Waals surface area contributed by atoms with Crippen LogP contribution in [0.1, 0.15) is 25.8 Å². The molecule has 2 saturated heterocycles. The molecule has 2 aliphatic heterocycles. The molecule has 4 rings (SSSR count). The van der Waals surface area contributed by atoms with Crippen LogP contribution in [0.5, 0.6) is 0 Å². The normalized spacial score (nSPS) is 23.4. The molecule has 2 atom stereocenters. The molecule has 2 fully saturated rings. The van der Waals surface area contributed by atoms with Gasteiger partial charge in [0.2, 0.25) is 0 Å². The van der Waals surface area contributed by atoms with E-state index in [4.69, 9.17) is 21.9 Å². The number of pyridine rings is 1. The van der Waals surface area contributed by atoms with E-state index in [-0.39, 0.29) is 11.5 Å². The van der Waals surface area contributed by atoms with Crippen LogP contribution in [0.15, 0.2) is 34.1 Å². The Bertz CT molecular complexity index is 1100. The summed E-state index contributed by atoms with van der Waals surface area (Å²) in [5.41, 5.74) is 0.837. The number of carbonyl (C=O) groups excluding carboxylic acids is 1. The smallest absolute Gasteiger partial charge is 0.267 e. The Hall–Kier alpha value is -2.23. The summed E-state index contributed by atoms with van der Waals surface area (Å²) in [7, 11) is 1.59. The minimum Gasteiger partial charge on any atom is -0.383 e. The summed E-state index contributed by atoms with van der Waals surface area (Å²) in [5.74, 6) is 1.44. The summed E-state index contributed by atoms with van der Waals surface area (Å²) in [4.78, 5) is 35.4. The van der Waals surface area contributed by atoms with Crippen molar-refractivity contribution in [3.63, 3.8) is 0 Å². The molecule has 0 radical (unpaired) electrons. The van der Waals surface area contributed by atoms with E-state index in [0.717, 1.165) is 19.5 Å². The van der Waals surface area contributed by atoms with Gasteiger partial charge in [-0.1, -0.05) is 43.9 Å². The summed E-state index contributed by atoms with van der Waals surface area (Å²) in [5, 5.41) is 0. The number of methoxy groups -OCH3 is 1. The number of ether oxygens (including phenoxy) is 1. The van der Waals surface area contributed by atoms with Crippen molar-refractivity contribution in [2.45, 2.75) is 20.3 Å². The fourth-order valence-corrected chi connectivity index (χ4v) is 5.59. The second-order valence-corrected chi connectivity index (χ2v) is 9.94. The van der Waals surface area contributed by atoms with E-state index in [9.17, 15) is 9.59 Å². The van der Waals surface area contributed by atoms with Crippen molar-refractivity contribution in [1.29, 1.82) is 0 Å². The monoisotopic (exact) mass is 458 g/mol. The van der Waals surface area contributed by atoms with E-state index in [1.807, 2.05) is 12.1 Å². The lowest BCUT2D eigenvalue weighted by Crippen LogP contribution is -2.40. The Morgan fingerprint density at radius 1 is 1.26 bits per heavy atom. The number of thioether (sulfide) groups is 1. The lowest BCUT2D eigenvalue weighted by atomic mass is 9.91. The molecule has 0 bridgehead atoms. The van der Waals surface area contributed by atoms with Gasteiger partial charge in [-0.15, -0.1) is 0 Å². The number of carbonyl (C=O) groups is 1. The number of amides is 1. The molecule has 4 heterocycles. The average Bonchev–Trinajstić information content (AvgIpc) is 3.00. The summed E-state index contributed by atoms with van der Waals surface area (Å²) < 4.78 is 7.09. The van der Waals surface area contributed by atoms with Gasteiger partial charge in [-0.2, -0.15) is 0 Å². The minimum atomic E-state index is -0.198. The predicted molar refractivity (Wildman–Crippen MR) is 128 cm³/mol. The SMILES string of the molecule is COCCN1C(=O)/C(=C\c2c(N3C[C@H](C)C[C@@H](C)C3)nc3ccccn3c2=O)SC1=S. The Morgan fingerprint density at radius 3 is 2.71 bits per heavy atom. The quantitative estimate of drug-likeness (QED) is 0.504. The maximum Gasteiger partial charge on any atom is 0.267 e. The number of fused-ring (bicyclic) bond motifs is 1. The van der Waals surface area contributed by atoms with Crippen LogP contribution >= 0.6 is 24.0 Å². The van der Waals surface area contributed by atoms with Crippen LogP contribution in [0.3, 0.4) is 0 Å². The van der Waals surface area contributed by atoms with Gasteiger partial charge in [-0.25, -0.2) is 4.98 Å². The second-order valence-electron chi connectivity index (χ2n) is 8.26. The fraction of sp³-hybridized carbons (Fsp3) is 0.455. The first-order valence-corrected chi connectivity index (χ1v) is 11.6. The maximum atomic E-state index is 13.4. The van der Waals surface area contributed by atoms with Crippen LogP contribution in [-0.4, -0.2) is 57.9 Å². The first kappa shape index (κ1) is 22.0. The van der Waals surface area contributed by atoms with E-state index in [0.29, 0.717) is 51.2 Å². The van der Waals surface area contributed by atoms with Crippen molar-refractivity contribution in [2.75, 3.05) is 38.3 Å². The fourth-order valence-electron chi connectivity index (χ4n) is 4.30. The third kappa shape index (κ3) is 4.40. The van der Waals surface area contributed by atoms with Gasteiger partial charge < -0.3 is 9.64 Å². The number of nitrogens with zero attached hydrogens (tertiary/aromatic N) is 4. The van der Waals surface area contributed by atoms with E-state index >= 15 is 0 Å². The summed E-state index contributed by atoms with van der Waals surface area (Å²) in [6, 6.07) is 5.50. The Morgan fingerprint density at radius 2 is 2.00 bits per heavy atom. The Kier molecular flexibility index (Phi) is 6.45. The zero-order valence-corrected chi connectivity index (χ0v) is 19.5. The third-order valence-corrected chi connectivity index (χ3v) is 6.96. The van der Waals surface area contributed by atoms with Crippen LogP contribution in [0.4, 0.5) is 5.82 Å². The first-order valence-electron chi connectivity index (χ1n) is 10.4. The van der Waals surface area contributed by atoms with Crippen LogP contribution in [0.2, 0.25) is 0 Å². The highest BCUT2D eigenvalue weighted by Gasteiger charge is 2.33. The number of thiocarbonyl (C=S) groups is 1. The number of hydrogen-bond acceptors (Lipinski definition) is 7. The summed E-state index contributed by atoms with van der Waals surface area (Å²) in [6.45, 7) is 6.88. The van der Waals surface area contributed by atoms with Gasteiger partial charge in [0.1, 0.15) is 15.8 Å². The molecule has 0 spiro atoms. The zero-order chi connectivity index (χ0) is 22.1. The Labute approximate surface area is 191 Å². The van der Waals surface area contributed by atoms with Crippen molar-refractivity contribution in [3.8, 4) is 0 Å². The molecule has 2 aromatic heterocycles. The van der Waals surface area contributed by atoms with Crippen LogP contribution in [0.25, 0.3) is 11.7 Å². The van der Waals surface area contributed by atoms with Gasteiger partial charge in [0.05, 0.1) is 23.6 Å². The highest BCUT2D eigenvalue weighted by atomic mass is 32.2. The number of aromatic nitrogens is 2. The lowest BCUT2D eigenvalue weighted by Gasteiger charge is -2.36. The van der Waals surface area contributed by atoms with Crippen LogP contribution in [0, 0.1) is 11.8 Å². The highest BCUT2D eigenvalue weighted by molar-refractivity contribution is 8.26.